The van der Waals surface area contributed by atoms with Crippen LogP contribution in [0, 0.1) is 6.67 Å². The van der Waals surface area contributed by atoms with Crippen LogP contribution in [0.4, 0.5) is 11.4 Å². The molecule has 4 nitrogen and oxygen atoms in total. The van der Waals surface area contributed by atoms with Crippen LogP contribution in [-0.2, 0) is 4.74 Å². The molecule has 1 radical (unpaired) electrons. The van der Waals surface area contributed by atoms with Gasteiger partial charge in [0.05, 0.1) is 18.0 Å². The summed E-state index contributed by atoms with van der Waals surface area (Å²) >= 11 is 0. The van der Waals surface area contributed by atoms with Gasteiger partial charge in [-0.05, 0) is 25.0 Å². The van der Waals surface area contributed by atoms with E-state index in [2.05, 4.69) is 29.0 Å². The lowest BCUT2D eigenvalue weighted by Crippen LogP contribution is -2.33. The van der Waals surface area contributed by atoms with E-state index in [9.17, 15) is 0 Å². The Morgan fingerprint density at radius 3 is 2.85 bits per heavy atom. The van der Waals surface area contributed by atoms with E-state index < -0.39 is 0 Å². The van der Waals surface area contributed by atoms with Crippen LogP contribution in [0.25, 0.3) is 0 Å². The number of hydrogen-bond acceptors (Lipinski definition) is 4. The number of hydrogen-bond donors (Lipinski definition) is 1. The van der Waals surface area contributed by atoms with E-state index in [0.717, 1.165) is 5.75 Å². The standard InChI is InChI=1S/C16H23N2O2/c1-19-9-10-20-14-7-8-15-16(11-14)18(12-17-15)13-5-3-2-4-6-13/h7-8,11-13,17H,2-6,9-10H2,1H3. The van der Waals surface area contributed by atoms with Gasteiger partial charge in [-0.3, -0.25) is 0 Å². The van der Waals surface area contributed by atoms with Crippen molar-refractivity contribution < 1.29 is 9.47 Å². The molecule has 0 aromatic heterocycles. The molecule has 2 aliphatic rings. The summed E-state index contributed by atoms with van der Waals surface area (Å²) in [5.41, 5.74) is 2.42. The fraction of sp³-hybridized carbons (Fsp3) is 0.562. The molecular weight excluding hydrogens is 252 g/mol. The second-order valence-corrected chi connectivity index (χ2v) is 5.49. The lowest BCUT2D eigenvalue weighted by Gasteiger charge is -2.32. The number of anilines is 2. The third-order valence-corrected chi connectivity index (χ3v) is 4.13. The van der Waals surface area contributed by atoms with E-state index in [1.165, 1.54) is 43.5 Å². The Morgan fingerprint density at radius 2 is 2.05 bits per heavy atom. The van der Waals surface area contributed by atoms with Crippen molar-refractivity contribution in [2.75, 3.05) is 30.5 Å². The van der Waals surface area contributed by atoms with Crippen molar-refractivity contribution in [2.24, 2.45) is 0 Å². The third kappa shape index (κ3) is 2.85. The molecule has 20 heavy (non-hydrogen) atoms. The molecule has 0 unspecified atom stereocenters. The van der Waals surface area contributed by atoms with E-state index in [4.69, 9.17) is 9.47 Å². The molecule has 1 fully saturated rings. The van der Waals surface area contributed by atoms with E-state index in [1.54, 1.807) is 7.11 Å². The van der Waals surface area contributed by atoms with Crippen molar-refractivity contribution in [3.05, 3.63) is 24.9 Å². The molecule has 0 spiro atoms. The van der Waals surface area contributed by atoms with Crippen LogP contribution in [0.1, 0.15) is 32.1 Å². The molecule has 1 aliphatic carbocycles. The molecule has 1 aromatic rings. The average molecular weight is 275 g/mol. The molecule has 1 saturated carbocycles. The number of nitrogens with zero attached hydrogens (tertiary/aromatic N) is 1. The fourth-order valence-corrected chi connectivity index (χ4v) is 3.05. The molecule has 1 N–H and O–H groups in total. The normalized spacial score (nSPS) is 18.8. The summed E-state index contributed by atoms with van der Waals surface area (Å²) in [5.74, 6) is 0.915. The van der Waals surface area contributed by atoms with Crippen LogP contribution in [0.5, 0.6) is 5.75 Å². The van der Waals surface area contributed by atoms with Gasteiger partial charge in [0.15, 0.2) is 0 Å². The predicted octanol–water partition coefficient (Wildman–Crippen LogP) is 3.40. The van der Waals surface area contributed by atoms with Gasteiger partial charge in [0.1, 0.15) is 19.0 Å². The first kappa shape index (κ1) is 13.6. The Labute approximate surface area is 121 Å². The number of methoxy groups -OCH3 is 1. The highest BCUT2D eigenvalue weighted by atomic mass is 16.5. The van der Waals surface area contributed by atoms with Crippen LogP contribution >= 0.6 is 0 Å². The van der Waals surface area contributed by atoms with Crippen molar-refractivity contribution in [3.63, 3.8) is 0 Å². The first-order chi connectivity index (χ1) is 9.88. The van der Waals surface area contributed by atoms with E-state index in [-0.39, 0.29) is 0 Å². The topological polar surface area (TPSA) is 33.7 Å². The van der Waals surface area contributed by atoms with Crippen molar-refractivity contribution in [1.29, 1.82) is 0 Å². The van der Waals surface area contributed by atoms with Gasteiger partial charge >= 0.3 is 0 Å². The molecule has 109 valence electrons. The monoisotopic (exact) mass is 275 g/mol. The molecule has 1 aliphatic heterocycles. The maximum atomic E-state index is 5.71. The highest BCUT2D eigenvalue weighted by molar-refractivity contribution is 5.78. The Hall–Kier alpha value is -1.42. The SMILES string of the molecule is COCCOc1ccc2c(c1)N(C1CCCCC1)[CH]N2. The quantitative estimate of drug-likeness (QED) is 0.835. The molecule has 1 heterocycles. The number of fused-ring (bicyclic) bond motifs is 1. The number of rotatable bonds is 5. The Morgan fingerprint density at radius 1 is 1.20 bits per heavy atom. The zero-order valence-electron chi connectivity index (χ0n) is 12.1. The summed E-state index contributed by atoms with van der Waals surface area (Å²) in [6, 6.07) is 6.87. The smallest absolute Gasteiger partial charge is 0.139 e. The Kier molecular flexibility index (Phi) is 4.31. The molecule has 0 amide bonds. The van der Waals surface area contributed by atoms with Gasteiger partial charge in [-0.2, -0.15) is 0 Å². The Balaban J connectivity index is 1.71. The van der Waals surface area contributed by atoms with Crippen molar-refractivity contribution in [1.82, 2.24) is 0 Å². The van der Waals surface area contributed by atoms with Crippen molar-refractivity contribution >= 4 is 11.4 Å². The van der Waals surface area contributed by atoms with Crippen LogP contribution < -0.4 is 15.0 Å². The molecule has 0 bridgehead atoms. The minimum absolute atomic E-state index is 0.593. The molecule has 0 saturated heterocycles. The number of benzene rings is 1. The minimum atomic E-state index is 0.593. The molecule has 1 aromatic carbocycles. The zero-order valence-corrected chi connectivity index (χ0v) is 12.1. The Bertz CT molecular complexity index is 444. The van der Waals surface area contributed by atoms with Gasteiger partial charge in [-0.1, -0.05) is 19.3 Å². The van der Waals surface area contributed by atoms with Gasteiger partial charge in [0, 0.05) is 19.2 Å². The first-order valence-electron chi connectivity index (χ1n) is 7.52. The highest BCUT2D eigenvalue weighted by Gasteiger charge is 2.27. The molecular formula is C16H23N2O2. The second-order valence-electron chi connectivity index (χ2n) is 5.49. The average Bonchev–Trinajstić information content (AvgIpc) is 2.91. The maximum absolute atomic E-state index is 5.71. The molecule has 0 atom stereocenters. The van der Waals surface area contributed by atoms with Gasteiger partial charge in [0.2, 0.25) is 0 Å². The second kappa shape index (κ2) is 6.35. The van der Waals surface area contributed by atoms with Crippen LogP contribution in [0.2, 0.25) is 0 Å². The van der Waals surface area contributed by atoms with Gasteiger partial charge in [0.25, 0.3) is 0 Å². The molecule has 4 heteroatoms. The fourth-order valence-electron chi connectivity index (χ4n) is 3.05. The minimum Gasteiger partial charge on any atom is -0.491 e. The summed E-state index contributed by atoms with van der Waals surface area (Å²) in [6.45, 7) is 3.32. The van der Waals surface area contributed by atoms with Gasteiger partial charge < -0.3 is 19.7 Å². The highest BCUT2D eigenvalue weighted by Crippen LogP contribution is 2.40. The summed E-state index contributed by atoms with van der Waals surface area (Å²) in [7, 11) is 1.69. The van der Waals surface area contributed by atoms with E-state index >= 15 is 0 Å². The number of ether oxygens (including phenoxy) is 2. The van der Waals surface area contributed by atoms with Gasteiger partial charge in [-0.25, -0.2) is 0 Å². The summed E-state index contributed by atoms with van der Waals surface area (Å²) < 4.78 is 10.7. The summed E-state index contributed by atoms with van der Waals surface area (Å²) in [4.78, 5) is 2.39. The summed E-state index contributed by atoms with van der Waals surface area (Å²) in [6.07, 6.45) is 6.63. The lowest BCUT2D eigenvalue weighted by molar-refractivity contribution is 0.146. The number of nitrogens with one attached hydrogen (secondary N) is 1. The lowest BCUT2D eigenvalue weighted by atomic mass is 9.94. The zero-order chi connectivity index (χ0) is 13.8. The molecule has 3 rings (SSSR count). The van der Waals surface area contributed by atoms with Crippen molar-refractivity contribution in [2.45, 2.75) is 38.1 Å². The first-order valence-corrected chi connectivity index (χ1v) is 7.52. The van der Waals surface area contributed by atoms with Crippen LogP contribution in [-0.4, -0.2) is 26.4 Å². The maximum Gasteiger partial charge on any atom is 0.139 e. The van der Waals surface area contributed by atoms with E-state index in [1.807, 2.05) is 6.07 Å². The predicted molar refractivity (Wildman–Crippen MR) is 81.1 cm³/mol. The van der Waals surface area contributed by atoms with Crippen LogP contribution in [0.15, 0.2) is 18.2 Å². The van der Waals surface area contributed by atoms with E-state index in [0.29, 0.717) is 19.3 Å². The largest absolute Gasteiger partial charge is 0.491 e. The van der Waals surface area contributed by atoms with Crippen LogP contribution in [0.3, 0.4) is 0 Å². The third-order valence-electron chi connectivity index (χ3n) is 4.13. The summed E-state index contributed by atoms with van der Waals surface area (Å²) in [5, 5.41) is 3.36. The van der Waals surface area contributed by atoms with Gasteiger partial charge in [-0.15, -0.1) is 0 Å². The van der Waals surface area contributed by atoms with Crippen molar-refractivity contribution in [3.8, 4) is 5.75 Å².